The molecule has 0 saturated carbocycles. The Morgan fingerprint density at radius 2 is 0.679 bits per heavy atom. The average molecular weight is 364 g/mol. The minimum Gasteiger partial charge on any atom is -0.289 e. The van der Waals surface area contributed by atoms with E-state index in [-0.39, 0.29) is 23.3 Å². The van der Waals surface area contributed by atoms with Crippen molar-refractivity contribution in [2.24, 2.45) is 0 Å². The van der Waals surface area contributed by atoms with Gasteiger partial charge in [0.2, 0.25) is 0 Å². The third kappa shape index (κ3) is 1.64. The Hall–Kier alpha value is -3.33. The second kappa shape index (κ2) is 4.74. The molecule has 0 aromatic heterocycles. The second-order valence-corrected chi connectivity index (χ2v) is 8.24. The van der Waals surface area contributed by atoms with E-state index in [0.29, 0.717) is 33.4 Å². The zero-order valence-corrected chi connectivity index (χ0v) is 15.8. The third-order valence-electron chi connectivity index (χ3n) is 6.31. The van der Waals surface area contributed by atoms with E-state index < -0.39 is 0 Å². The van der Waals surface area contributed by atoms with Crippen LogP contribution in [0.3, 0.4) is 0 Å². The van der Waals surface area contributed by atoms with Gasteiger partial charge in [-0.25, -0.2) is 0 Å². The molecule has 3 aromatic rings. The van der Waals surface area contributed by atoms with Crippen LogP contribution in [-0.4, -0.2) is 17.3 Å². The van der Waals surface area contributed by atoms with Crippen molar-refractivity contribution >= 4 is 17.3 Å². The van der Waals surface area contributed by atoms with Gasteiger partial charge in [0.05, 0.1) is 0 Å². The smallest absolute Gasteiger partial charge is 0.193 e. The van der Waals surface area contributed by atoms with Crippen LogP contribution in [0.15, 0.2) is 36.4 Å². The van der Waals surface area contributed by atoms with Gasteiger partial charge in [-0.15, -0.1) is 0 Å². The summed E-state index contributed by atoms with van der Waals surface area (Å²) in [5, 5.41) is 0. The quantitative estimate of drug-likeness (QED) is 0.401. The first-order valence-corrected chi connectivity index (χ1v) is 9.44. The molecule has 3 nitrogen and oxygen atoms in total. The molecule has 0 spiro atoms. The number of carbonyl (C=O) groups is 3. The molecule has 28 heavy (non-hydrogen) atoms. The summed E-state index contributed by atoms with van der Waals surface area (Å²) >= 11 is 0. The van der Waals surface area contributed by atoms with Crippen molar-refractivity contribution in [1.82, 2.24) is 0 Å². The molecule has 3 aliphatic carbocycles. The molecule has 3 heteroatoms. The molecule has 134 valence electrons. The first-order valence-electron chi connectivity index (χ1n) is 9.44. The number of hydrogen-bond acceptors (Lipinski definition) is 3. The minimum atomic E-state index is -0.227. The lowest BCUT2D eigenvalue weighted by Crippen LogP contribution is -2.35. The number of carbonyl (C=O) groups excluding carboxylic acids is 3. The molecule has 3 aliphatic rings. The lowest BCUT2D eigenvalue weighted by atomic mass is 9.61. The standard InChI is InChI=1S/C25H16O3/c1-10-4-13-19-14(5-10)24(27)16-7-12(3)9-18-21(16)22(19)20-15(23(13)26)6-11(2)8-17(20)25(18)28/h4-9,22H,1-3H3. The van der Waals surface area contributed by atoms with Crippen molar-refractivity contribution in [2.45, 2.75) is 26.7 Å². The van der Waals surface area contributed by atoms with Gasteiger partial charge >= 0.3 is 0 Å². The normalized spacial score (nSPS) is 15.8. The van der Waals surface area contributed by atoms with Gasteiger partial charge in [0, 0.05) is 39.3 Å². The van der Waals surface area contributed by atoms with Crippen LogP contribution in [0.2, 0.25) is 0 Å². The molecule has 0 amide bonds. The van der Waals surface area contributed by atoms with E-state index in [4.69, 9.17) is 0 Å². The molecule has 0 saturated heterocycles. The number of benzene rings is 3. The Kier molecular flexibility index (Phi) is 2.66. The van der Waals surface area contributed by atoms with Gasteiger partial charge in [-0.3, -0.25) is 14.4 Å². The van der Waals surface area contributed by atoms with E-state index in [2.05, 4.69) is 0 Å². The van der Waals surface area contributed by atoms with Crippen LogP contribution in [0.4, 0.5) is 0 Å². The van der Waals surface area contributed by atoms with Crippen LogP contribution in [-0.2, 0) is 0 Å². The highest BCUT2D eigenvalue weighted by atomic mass is 16.1. The SMILES string of the molecule is Cc1cc2c3c(c1)C(=O)c1cc(C)cc4c1C3c1c(cc(C)cc1C4=O)C2=O. The molecule has 6 rings (SSSR count). The minimum absolute atomic E-state index is 0.0873. The van der Waals surface area contributed by atoms with E-state index in [9.17, 15) is 14.4 Å². The number of rotatable bonds is 0. The van der Waals surface area contributed by atoms with Crippen molar-refractivity contribution < 1.29 is 14.4 Å². The molecular formula is C25H16O3. The van der Waals surface area contributed by atoms with E-state index in [0.717, 1.165) is 33.4 Å². The van der Waals surface area contributed by atoms with Gasteiger partial charge in [-0.2, -0.15) is 0 Å². The predicted octanol–water partition coefficient (Wildman–Crippen LogP) is 4.43. The zero-order chi connectivity index (χ0) is 19.5. The highest BCUT2D eigenvalue weighted by molar-refractivity contribution is 6.25. The van der Waals surface area contributed by atoms with Crippen molar-refractivity contribution in [3.05, 3.63) is 103 Å². The lowest BCUT2D eigenvalue weighted by Gasteiger charge is -2.39. The summed E-state index contributed by atoms with van der Waals surface area (Å²) in [7, 11) is 0. The maximum absolute atomic E-state index is 13.4. The largest absolute Gasteiger partial charge is 0.289 e. The van der Waals surface area contributed by atoms with Gasteiger partial charge in [-0.05, 0) is 90.6 Å². The average Bonchev–Trinajstić information content (AvgIpc) is 2.65. The van der Waals surface area contributed by atoms with Gasteiger partial charge in [0.15, 0.2) is 17.3 Å². The van der Waals surface area contributed by atoms with Gasteiger partial charge in [0.1, 0.15) is 0 Å². The molecular weight excluding hydrogens is 348 g/mol. The Morgan fingerprint density at radius 1 is 0.464 bits per heavy atom. The summed E-state index contributed by atoms with van der Waals surface area (Å²) in [5.74, 6) is -0.489. The van der Waals surface area contributed by atoms with Gasteiger partial charge in [0.25, 0.3) is 0 Å². The van der Waals surface area contributed by atoms with Crippen molar-refractivity contribution in [1.29, 1.82) is 0 Å². The Balaban J connectivity index is 1.88. The van der Waals surface area contributed by atoms with Crippen LogP contribution >= 0.6 is 0 Å². The fourth-order valence-corrected chi connectivity index (χ4v) is 5.32. The first-order chi connectivity index (χ1) is 13.4. The molecule has 0 fully saturated rings. The highest BCUT2D eigenvalue weighted by Crippen LogP contribution is 2.52. The van der Waals surface area contributed by atoms with Crippen LogP contribution in [0, 0.1) is 20.8 Å². The molecule has 0 unspecified atom stereocenters. The number of hydrogen-bond donors (Lipinski definition) is 0. The fourth-order valence-electron chi connectivity index (χ4n) is 5.32. The van der Waals surface area contributed by atoms with E-state index >= 15 is 0 Å². The summed E-state index contributed by atoms with van der Waals surface area (Å²) < 4.78 is 0. The number of ketones is 3. The topological polar surface area (TPSA) is 51.2 Å². The van der Waals surface area contributed by atoms with Crippen molar-refractivity contribution in [2.75, 3.05) is 0 Å². The summed E-state index contributed by atoms with van der Waals surface area (Å²) in [6.45, 7) is 5.74. The molecule has 0 radical (unpaired) electrons. The summed E-state index contributed by atoms with van der Waals surface area (Å²) in [6, 6.07) is 11.3. The maximum atomic E-state index is 13.4. The monoisotopic (exact) mass is 364 g/mol. The maximum Gasteiger partial charge on any atom is 0.193 e. The third-order valence-corrected chi connectivity index (χ3v) is 6.31. The van der Waals surface area contributed by atoms with Crippen LogP contribution < -0.4 is 0 Å². The first kappa shape index (κ1) is 15.7. The second-order valence-electron chi connectivity index (χ2n) is 8.24. The molecule has 0 heterocycles. The van der Waals surface area contributed by atoms with Crippen molar-refractivity contribution in [3.63, 3.8) is 0 Å². The Bertz CT molecular complexity index is 1090. The molecule has 0 bridgehead atoms. The van der Waals surface area contributed by atoms with Crippen molar-refractivity contribution in [3.8, 4) is 0 Å². The van der Waals surface area contributed by atoms with Crippen LogP contribution in [0.5, 0.6) is 0 Å². The molecule has 0 N–H and O–H groups in total. The van der Waals surface area contributed by atoms with Crippen LogP contribution in [0.25, 0.3) is 0 Å². The van der Waals surface area contributed by atoms with Crippen LogP contribution in [0.1, 0.15) is 87.1 Å². The van der Waals surface area contributed by atoms with Gasteiger partial charge < -0.3 is 0 Å². The fraction of sp³-hybridized carbons (Fsp3) is 0.160. The summed E-state index contributed by atoms with van der Waals surface area (Å²) in [5.41, 5.74) is 8.64. The van der Waals surface area contributed by atoms with E-state index in [1.54, 1.807) is 0 Å². The molecule has 0 aliphatic heterocycles. The summed E-state index contributed by atoms with van der Waals surface area (Å²) in [6.07, 6.45) is 0. The zero-order valence-electron chi connectivity index (χ0n) is 15.8. The van der Waals surface area contributed by atoms with E-state index in [1.165, 1.54) is 0 Å². The molecule has 3 aromatic carbocycles. The highest BCUT2D eigenvalue weighted by Gasteiger charge is 2.46. The Labute approximate surface area is 162 Å². The lowest BCUT2D eigenvalue weighted by molar-refractivity contribution is 0.102. The predicted molar refractivity (Wildman–Crippen MR) is 105 cm³/mol. The Morgan fingerprint density at radius 3 is 0.893 bits per heavy atom. The summed E-state index contributed by atoms with van der Waals surface area (Å²) in [4.78, 5) is 40.1. The molecule has 0 atom stereocenters. The number of aryl methyl sites for hydroxylation is 3. The van der Waals surface area contributed by atoms with Gasteiger partial charge in [-0.1, -0.05) is 0 Å². The van der Waals surface area contributed by atoms with E-state index in [1.807, 2.05) is 57.2 Å².